The summed E-state index contributed by atoms with van der Waals surface area (Å²) in [5.74, 6) is -0.892. The monoisotopic (exact) mass is 486 g/mol. The first kappa shape index (κ1) is 27.9. The first-order valence-electron chi connectivity index (χ1n) is 11.4. The van der Waals surface area contributed by atoms with Crippen LogP contribution in [0.25, 0.3) is 0 Å². The molecule has 0 aliphatic heterocycles. The van der Waals surface area contributed by atoms with Crippen LogP contribution in [0.3, 0.4) is 0 Å². The maximum Gasteiger partial charge on any atom is 0.416 e. The van der Waals surface area contributed by atoms with E-state index in [2.05, 4.69) is 0 Å². The Labute approximate surface area is 197 Å². The number of benzene rings is 1. The maximum atomic E-state index is 12.8. The molecule has 0 bridgehead atoms. The lowest BCUT2D eigenvalue weighted by Crippen LogP contribution is -2.21. The average Bonchev–Trinajstić information content (AvgIpc) is 3.04. The third-order valence-electron chi connectivity index (χ3n) is 5.70. The molecule has 1 saturated carbocycles. The van der Waals surface area contributed by atoms with E-state index in [0.29, 0.717) is 13.0 Å². The molecule has 1 aromatic carbocycles. The number of allylic oxidation sites excluding steroid dienone is 2. The third-order valence-corrected chi connectivity index (χ3v) is 5.70. The van der Waals surface area contributed by atoms with Crippen LogP contribution in [0.4, 0.5) is 13.2 Å². The predicted octanol–water partition coefficient (Wildman–Crippen LogP) is 4.04. The first-order valence-corrected chi connectivity index (χ1v) is 11.4. The quantitative estimate of drug-likeness (QED) is 0.235. The lowest BCUT2D eigenvalue weighted by atomic mass is 9.89. The molecule has 0 saturated heterocycles. The van der Waals surface area contributed by atoms with Crippen molar-refractivity contribution in [2.45, 2.75) is 63.5 Å². The number of carbonyl (C=O) groups excluding carboxylic acids is 1. The molecule has 1 aliphatic carbocycles. The lowest BCUT2D eigenvalue weighted by molar-refractivity contribution is -0.141. The van der Waals surface area contributed by atoms with Gasteiger partial charge in [0.05, 0.1) is 24.4 Å². The number of alkyl halides is 3. The molecular formula is C25H33F3O6. The van der Waals surface area contributed by atoms with Crippen LogP contribution in [0.1, 0.15) is 44.6 Å². The molecule has 3 N–H and O–H groups in total. The van der Waals surface area contributed by atoms with Crippen LogP contribution in [0.2, 0.25) is 0 Å². The Morgan fingerprint density at radius 2 is 1.97 bits per heavy atom. The van der Waals surface area contributed by atoms with Gasteiger partial charge in [-0.05, 0) is 49.8 Å². The fraction of sp³-hybridized carbons (Fsp3) is 0.560. The highest BCUT2D eigenvalue weighted by Gasteiger charge is 2.39. The summed E-state index contributed by atoms with van der Waals surface area (Å²) in [6.07, 6.45) is 3.21. The second kappa shape index (κ2) is 13.5. The maximum absolute atomic E-state index is 12.8. The fourth-order valence-electron chi connectivity index (χ4n) is 3.91. The number of aliphatic hydroxyl groups is 3. The number of aliphatic hydroxyl groups excluding tert-OH is 3. The fourth-order valence-corrected chi connectivity index (χ4v) is 3.91. The Morgan fingerprint density at radius 3 is 2.68 bits per heavy atom. The summed E-state index contributed by atoms with van der Waals surface area (Å²) >= 11 is 0. The molecule has 1 fully saturated rings. The Bertz CT molecular complexity index is 823. The predicted molar refractivity (Wildman–Crippen MR) is 120 cm³/mol. The van der Waals surface area contributed by atoms with Crippen molar-refractivity contribution in [1.29, 1.82) is 0 Å². The molecule has 9 heteroatoms. The number of rotatable bonds is 12. The molecule has 6 nitrogen and oxygen atoms in total. The summed E-state index contributed by atoms with van der Waals surface area (Å²) in [6, 6.07) is 4.41. The summed E-state index contributed by atoms with van der Waals surface area (Å²) in [7, 11) is 0. The molecule has 0 unspecified atom stereocenters. The number of ether oxygens (including phenoxy) is 2. The number of halogens is 3. The molecule has 0 radical (unpaired) electrons. The van der Waals surface area contributed by atoms with Gasteiger partial charge in [-0.2, -0.15) is 13.2 Å². The third kappa shape index (κ3) is 9.48. The van der Waals surface area contributed by atoms with Crippen molar-refractivity contribution in [3.63, 3.8) is 0 Å². The van der Waals surface area contributed by atoms with Crippen molar-refractivity contribution < 1.29 is 42.8 Å². The van der Waals surface area contributed by atoms with Gasteiger partial charge in [-0.25, -0.2) is 0 Å². The van der Waals surface area contributed by atoms with Crippen LogP contribution < -0.4 is 4.74 Å². The molecule has 5 atom stereocenters. The first-order chi connectivity index (χ1) is 16.1. The summed E-state index contributed by atoms with van der Waals surface area (Å²) < 4.78 is 48.5. The Balaban J connectivity index is 1.81. The van der Waals surface area contributed by atoms with E-state index in [4.69, 9.17) is 9.47 Å². The van der Waals surface area contributed by atoms with Crippen molar-refractivity contribution in [3.05, 3.63) is 54.1 Å². The number of carbonyl (C=O) groups is 1. The summed E-state index contributed by atoms with van der Waals surface area (Å²) in [5.41, 5.74) is -0.835. The molecule has 1 aromatic rings. The Morgan fingerprint density at radius 1 is 1.21 bits per heavy atom. The van der Waals surface area contributed by atoms with Crippen LogP contribution in [0.5, 0.6) is 5.75 Å². The van der Waals surface area contributed by atoms with Gasteiger partial charge in [-0.3, -0.25) is 4.79 Å². The largest absolute Gasteiger partial charge is 0.491 e. The SMILES string of the molecule is CC(=O)OCCCCC=CC[C@@H]1[C@@H](C=C[C@@H](O)COc2cccc(C(F)(F)F)c2)[C@H](O)C[C@@H]1O. The summed E-state index contributed by atoms with van der Waals surface area (Å²) in [5, 5.41) is 30.8. The van der Waals surface area contributed by atoms with E-state index >= 15 is 0 Å². The zero-order valence-corrected chi connectivity index (χ0v) is 19.2. The second-order valence-electron chi connectivity index (χ2n) is 8.44. The molecule has 2 rings (SSSR count). The second-order valence-corrected chi connectivity index (χ2v) is 8.44. The van der Waals surface area contributed by atoms with Gasteiger partial charge in [-0.1, -0.05) is 30.4 Å². The van der Waals surface area contributed by atoms with Crippen molar-refractivity contribution >= 4 is 5.97 Å². The van der Waals surface area contributed by atoms with Crippen molar-refractivity contribution in [1.82, 2.24) is 0 Å². The number of esters is 1. The van der Waals surface area contributed by atoms with Crippen molar-refractivity contribution in [2.75, 3.05) is 13.2 Å². The summed E-state index contributed by atoms with van der Waals surface area (Å²) in [6.45, 7) is 1.51. The minimum atomic E-state index is -4.48. The van der Waals surface area contributed by atoms with Gasteiger partial charge in [0.2, 0.25) is 0 Å². The molecule has 0 heterocycles. The van der Waals surface area contributed by atoms with Gasteiger partial charge in [-0.15, -0.1) is 0 Å². The van der Waals surface area contributed by atoms with Crippen molar-refractivity contribution in [2.24, 2.45) is 11.8 Å². The van der Waals surface area contributed by atoms with E-state index in [-0.39, 0.29) is 36.6 Å². The van der Waals surface area contributed by atoms with Gasteiger partial charge in [0.25, 0.3) is 0 Å². The molecule has 34 heavy (non-hydrogen) atoms. The van der Waals surface area contributed by atoms with E-state index < -0.39 is 30.1 Å². The lowest BCUT2D eigenvalue weighted by Gasteiger charge is -2.19. The van der Waals surface area contributed by atoms with Crippen LogP contribution in [-0.4, -0.2) is 52.8 Å². The van der Waals surface area contributed by atoms with Crippen LogP contribution in [0.15, 0.2) is 48.6 Å². The normalized spacial score (nSPS) is 24.1. The van der Waals surface area contributed by atoms with Gasteiger partial charge >= 0.3 is 12.1 Å². The molecular weight excluding hydrogens is 453 g/mol. The minimum absolute atomic E-state index is 0.00512. The zero-order valence-electron chi connectivity index (χ0n) is 19.2. The number of hydrogen-bond donors (Lipinski definition) is 3. The van der Waals surface area contributed by atoms with Gasteiger partial charge < -0.3 is 24.8 Å². The average molecular weight is 487 g/mol. The van der Waals surface area contributed by atoms with Gasteiger partial charge in [0.15, 0.2) is 0 Å². The molecule has 0 spiro atoms. The van der Waals surface area contributed by atoms with E-state index in [1.165, 1.54) is 25.1 Å². The molecule has 0 amide bonds. The smallest absolute Gasteiger partial charge is 0.416 e. The molecule has 1 aliphatic rings. The van der Waals surface area contributed by atoms with Crippen molar-refractivity contribution in [3.8, 4) is 5.75 Å². The number of hydrogen-bond acceptors (Lipinski definition) is 6. The van der Waals surface area contributed by atoms with Crippen LogP contribution in [-0.2, 0) is 15.7 Å². The Hall–Kier alpha value is -2.36. The number of unbranched alkanes of at least 4 members (excludes halogenated alkanes) is 2. The van der Waals surface area contributed by atoms with Crippen LogP contribution in [0, 0.1) is 11.8 Å². The van der Waals surface area contributed by atoms with E-state index in [0.717, 1.165) is 31.4 Å². The van der Waals surface area contributed by atoms with Crippen LogP contribution >= 0.6 is 0 Å². The van der Waals surface area contributed by atoms with Gasteiger partial charge in [0, 0.05) is 19.3 Å². The van der Waals surface area contributed by atoms with E-state index in [9.17, 15) is 33.3 Å². The van der Waals surface area contributed by atoms with E-state index in [1.807, 2.05) is 12.2 Å². The molecule has 190 valence electrons. The summed E-state index contributed by atoms with van der Waals surface area (Å²) in [4.78, 5) is 10.7. The molecule has 0 aromatic heterocycles. The van der Waals surface area contributed by atoms with E-state index in [1.54, 1.807) is 6.08 Å². The standard InChI is InChI=1S/C25H33F3O6/c1-17(29)33-13-6-4-2-3-5-10-21-22(24(32)15-23(21)31)12-11-19(30)16-34-20-9-7-8-18(14-20)25(26,27)28/h3,5,7-9,11-12,14,19,21-24,30-32H,2,4,6,10,13,15-16H2,1H3/t19-,21-,22-,23+,24-/m1/s1. The highest BCUT2D eigenvalue weighted by molar-refractivity contribution is 5.65. The Kier molecular flexibility index (Phi) is 11.1. The highest BCUT2D eigenvalue weighted by Crippen LogP contribution is 2.36. The topological polar surface area (TPSA) is 96.2 Å². The highest BCUT2D eigenvalue weighted by atomic mass is 19.4. The minimum Gasteiger partial charge on any atom is -0.491 e. The zero-order chi connectivity index (χ0) is 25.1. The van der Waals surface area contributed by atoms with Gasteiger partial charge in [0.1, 0.15) is 18.5 Å².